The Balaban J connectivity index is 2.35. The molecule has 0 radical (unpaired) electrons. The Hall–Kier alpha value is -1.28. The van der Waals surface area contributed by atoms with E-state index in [-0.39, 0.29) is 0 Å². The third-order valence-electron chi connectivity index (χ3n) is 1.87. The first-order chi connectivity index (χ1) is 6.31. The summed E-state index contributed by atoms with van der Waals surface area (Å²) >= 11 is 6.24. The molecule has 0 spiro atoms. The Labute approximate surface area is 81.9 Å². The molecular weight excluding hydrogens is 184 g/mol. The molecule has 2 rings (SSSR count). The van der Waals surface area contributed by atoms with E-state index in [4.69, 9.17) is 11.6 Å². The van der Waals surface area contributed by atoms with Crippen LogP contribution in [0.15, 0.2) is 47.6 Å². The van der Waals surface area contributed by atoms with Gasteiger partial charge in [0.15, 0.2) is 0 Å². The van der Waals surface area contributed by atoms with Crippen LogP contribution in [0.4, 0.5) is 0 Å². The predicted molar refractivity (Wildman–Crippen MR) is 54.7 cm³/mol. The quantitative estimate of drug-likeness (QED) is 0.536. The fourth-order valence-electron chi connectivity index (χ4n) is 1.20. The van der Waals surface area contributed by atoms with E-state index in [9.17, 15) is 0 Å². The van der Waals surface area contributed by atoms with Crippen LogP contribution in [-0.2, 0) is 5.12 Å². The Bertz CT molecular complexity index is 345. The number of nitrogens with one attached hydrogen (secondary N) is 1. The summed E-state index contributed by atoms with van der Waals surface area (Å²) in [7, 11) is 0. The van der Waals surface area contributed by atoms with E-state index < -0.39 is 5.12 Å². The van der Waals surface area contributed by atoms with Crippen LogP contribution in [-0.4, -0.2) is 6.21 Å². The minimum Gasteiger partial charge on any atom is -0.351 e. The minimum absolute atomic E-state index is 0.823. The number of rotatable bonds is 1. The molecule has 0 saturated heterocycles. The molecule has 1 aliphatic rings. The van der Waals surface area contributed by atoms with Crippen LogP contribution in [0, 0.1) is 0 Å². The van der Waals surface area contributed by atoms with Gasteiger partial charge in [-0.25, -0.2) is 4.99 Å². The predicted octanol–water partition coefficient (Wildman–Crippen LogP) is 2.22. The number of halogens is 1. The van der Waals surface area contributed by atoms with Crippen molar-refractivity contribution >= 4 is 17.8 Å². The molecule has 1 unspecified atom stereocenters. The number of allylic oxidation sites excluding steroid dienone is 1. The topological polar surface area (TPSA) is 24.4 Å². The van der Waals surface area contributed by atoms with Crippen LogP contribution in [0.3, 0.4) is 0 Å². The van der Waals surface area contributed by atoms with Gasteiger partial charge in [-0.3, -0.25) is 0 Å². The molecule has 0 fully saturated rings. The maximum atomic E-state index is 6.24. The fourth-order valence-corrected chi connectivity index (χ4v) is 1.45. The largest absolute Gasteiger partial charge is 0.351 e. The smallest absolute Gasteiger partial charge is 0.232 e. The van der Waals surface area contributed by atoms with Crippen molar-refractivity contribution in [3.8, 4) is 0 Å². The Kier molecular flexibility index (Phi) is 2.07. The van der Waals surface area contributed by atoms with Crippen LogP contribution in [0.1, 0.15) is 5.56 Å². The van der Waals surface area contributed by atoms with E-state index in [1.807, 2.05) is 36.4 Å². The highest BCUT2D eigenvalue weighted by molar-refractivity contribution is 6.24. The molecular formula is C10H9ClN2. The lowest BCUT2D eigenvalue weighted by atomic mass is 10.1. The first kappa shape index (κ1) is 8.32. The van der Waals surface area contributed by atoms with Crippen molar-refractivity contribution in [1.82, 2.24) is 5.32 Å². The molecule has 66 valence electrons. The number of nitrogens with zero attached hydrogens (tertiary/aromatic N) is 1. The zero-order chi connectivity index (χ0) is 9.15. The molecule has 0 aromatic heterocycles. The van der Waals surface area contributed by atoms with Gasteiger partial charge in [0.1, 0.15) is 0 Å². The Morgan fingerprint density at radius 1 is 1.23 bits per heavy atom. The van der Waals surface area contributed by atoms with Crippen molar-refractivity contribution in [3.63, 3.8) is 0 Å². The average molecular weight is 193 g/mol. The summed E-state index contributed by atoms with van der Waals surface area (Å²) < 4.78 is 0. The highest BCUT2D eigenvalue weighted by atomic mass is 35.5. The highest BCUT2D eigenvalue weighted by Crippen LogP contribution is 2.28. The molecule has 1 atom stereocenters. The summed E-state index contributed by atoms with van der Waals surface area (Å²) in [6.07, 6.45) is 5.28. The molecule has 13 heavy (non-hydrogen) atoms. The van der Waals surface area contributed by atoms with Crippen molar-refractivity contribution in [2.45, 2.75) is 5.12 Å². The van der Waals surface area contributed by atoms with Crippen molar-refractivity contribution in [2.24, 2.45) is 4.99 Å². The van der Waals surface area contributed by atoms with E-state index >= 15 is 0 Å². The maximum Gasteiger partial charge on any atom is 0.232 e. The molecule has 2 nitrogen and oxygen atoms in total. The molecule has 0 aliphatic carbocycles. The molecule has 1 aliphatic heterocycles. The number of aliphatic imine (C=N–C) groups is 1. The standard InChI is InChI=1S/C10H9ClN2/c11-10(12-7-4-8-13-10)9-5-2-1-3-6-9/h1-8,12H. The van der Waals surface area contributed by atoms with Gasteiger partial charge in [0.2, 0.25) is 5.12 Å². The third-order valence-corrected chi connectivity index (χ3v) is 2.29. The third kappa shape index (κ3) is 1.58. The number of hydrogen-bond donors (Lipinski definition) is 1. The van der Waals surface area contributed by atoms with Gasteiger partial charge in [-0.2, -0.15) is 0 Å². The Morgan fingerprint density at radius 2 is 2.00 bits per heavy atom. The summed E-state index contributed by atoms with van der Waals surface area (Å²) in [4.78, 5) is 4.17. The van der Waals surface area contributed by atoms with Gasteiger partial charge in [0.05, 0.1) is 0 Å². The second-order valence-corrected chi connectivity index (χ2v) is 3.32. The maximum absolute atomic E-state index is 6.24. The monoisotopic (exact) mass is 192 g/mol. The number of hydrogen-bond acceptors (Lipinski definition) is 2. The fraction of sp³-hybridized carbons (Fsp3) is 0.100. The SMILES string of the molecule is ClC1(c2ccccc2)N=CC=CN1. The second-order valence-electron chi connectivity index (χ2n) is 2.77. The molecule has 0 amide bonds. The van der Waals surface area contributed by atoms with Gasteiger partial charge in [0, 0.05) is 18.0 Å². The van der Waals surface area contributed by atoms with E-state index in [1.165, 1.54) is 0 Å². The summed E-state index contributed by atoms with van der Waals surface area (Å²) in [5.74, 6) is 0. The lowest BCUT2D eigenvalue weighted by Gasteiger charge is -2.25. The molecule has 3 heteroatoms. The Morgan fingerprint density at radius 3 is 2.62 bits per heavy atom. The van der Waals surface area contributed by atoms with Crippen LogP contribution in [0.2, 0.25) is 0 Å². The van der Waals surface area contributed by atoms with Crippen molar-refractivity contribution in [2.75, 3.05) is 0 Å². The van der Waals surface area contributed by atoms with Crippen LogP contribution in [0.25, 0.3) is 0 Å². The molecule has 1 aromatic rings. The summed E-state index contributed by atoms with van der Waals surface area (Å²) in [5, 5.41) is 2.18. The van der Waals surface area contributed by atoms with Gasteiger partial charge in [-0.15, -0.1) is 0 Å². The van der Waals surface area contributed by atoms with Crippen LogP contribution < -0.4 is 5.32 Å². The van der Waals surface area contributed by atoms with Crippen LogP contribution >= 0.6 is 11.6 Å². The molecule has 1 aromatic carbocycles. The summed E-state index contributed by atoms with van der Waals surface area (Å²) in [6, 6.07) is 9.71. The van der Waals surface area contributed by atoms with Crippen molar-refractivity contribution in [3.05, 3.63) is 48.2 Å². The molecule has 1 heterocycles. The van der Waals surface area contributed by atoms with E-state index in [0.717, 1.165) is 5.56 Å². The van der Waals surface area contributed by atoms with Gasteiger partial charge in [-0.1, -0.05) is 41.9 Å². The van der Waals surface area contributed by atoms with Crippen molar-refractivity contribution < 1.29 is 0 Å². The molecule has 0 saturated carbocycles. The van der Waals surface area contributed by atoms with Gasteiger partial charge >= 0.3 is 0 Å². The minimum atomic E-state index is -0.823. The van der Waals surface area contributed by atoms with Gasteiger partial charge in [-0.05, 0) is 6.08 Å². The summed E-state index contributed by atoms with van der Waals surface area (Å²) in [6.45, 7) is 0. The zero-order valence-electron chi connectivity index (χ0n) is 6.94. The first-order valence-corrected chi connectivity index (χ1v) is 4.41. The average Bonchev–Trinajstić information content (AvgIpc) is 2.20. The lowest BCUT2D eigenvalue weighted by molar-refractivity contribution is 0.573. The molecule has 0 bridgehead atoms. The second kappa shape index (κ2) is 3.23. The van der Waals surface area contributed by atoms with Crippen molar-refractivity contribution in [1.29, 1.82) is 0 Å². The van der Waals surface area contributed by atoms with Gasteiger partial charge in [0.25, 0.3) is 0 Å². The first-order valence-electron chi connectivity index (χ1n) is 4.04. The van der Waals surface area contributed by atoms with E-state index in [1.54, 1.807) is 12.4 Å². The number of benzene rings is 1. The normalized spacial score (nSPS) is 25.6. The van der Waals surface area contributed by atoms with E-state index in [2.05, 4.69) is 10.3 Å². The van der Waals surface area contributed by atoms with E-state index in [0.29, 0.717) is 0 Å². The number of alkyl halides is 1. The van der Waals surface area contributed by atoms with Crippen LogP contribution in [0.5, 0.6) is 0 Å². The van der Waals surface area contributed by atoms with Gasteiger partial charge < -0.3 is 5.32 Å². The molecule has 1 N–H and O–H groups in total. The zero-order valence-corrected chi connectivity index (χ0v) is 7.70. The summed E-state index contributed by atoms with van der Waals surface area (Å²) in [5.41, 5.74) is 0.942. The lowest BCUT2D eigenvalue weighted by Crippen LogP contribution is -2.33. The highest BCUT2D eigenvalue weighted by Gasteiger charge is 2.26.